The van der Waals surface area contributed by atoms with Gasteiger partial charge in [-0.3, -0.25) is 4.98 Å². The second kappa shape index (κ2) is 4.72. The smallest absolute Gasteiger partial charge is 0.0726 e. The van der Waals surface area contributed by atoms with Gasteiger partial charge in [0.15, 0.2) is 0 Å². The van der Waals surface area contributed by atoms with Gasteiger partial charge in [-0.05, 0) is 43.7 Å². The van der Waals surface area contributed by atoms with Gasteiger partial charge in [0.2, 0.25) is 0 Å². The lowest BCUT2D eigenvalue weighted by Crippen LogP contribution is -2.10. The van der Waals surface area contributed by atoms with Crippen LogP contribution in [0.3, 0.4) is 0 Å². The third-order valence-electron chi connectivity index (χ3n) is 2.89. The van der Waals surface area contributed by atoms with Gasteiger partial charge in [0.05, 0.1) is 5.52 Å². The number of aryl methyl sites for hydroxylation is 1. The zero-order valence-corrected chi connectivity index (χ0v) is 10.7. The highest BCUT2D eigenvalue weighted by Crippen LogP contribution is 2.26. The summed E-state index contributed by atoms with van der Waals surface area (Å²) in [5, 5.41) is 1.20. The maximum absolute atomic E-state index is 5.60. The Balaban J connectivity index is 2.64. The zero-order valence-electron chi connectivity index (χ0n) is 10.7. The second-order valence-corrected chi connectivity index (χ2v) is 4.57. The van der Waals surface area contributed by atoms with Crippen molar-refractivity contribution in [2.24, 2.45) is 5.73 Å². The Labute approximate surface area is 102 Å². The highest BCUT2D eigenvalue weighted by atomic mass is 15.1. The Morgan fingerprint density at radius 2 is 2.00 bits per heavy atom. The number of hydrogen-bond donors (Lipinski definition) is 1. The topological polar surface area (TPSA) is 42.1 Å². The number of nitrogens with two attached hydrogens (primary N) is 1. The van der Waals surface area contributed by atoms with Crippen LogP contribution in [0.5, 0.6) is 0 Å². The van der Waals surface area contributed by atoms with Crippen molar-refractivity contribution in [2.45, 2.75) is 13.3 Å². The molecule has 0 unspecified atom stereocenters. The summed E-state index contributed by atoms with van der Waals surface area (Å²) < 4.78 is 0. The van der Waals surface area contributed by atoms with E-state index >= 15 is 0 Å². The maximum atomic E-state index is 5.60. The first-order chi connectivity index (χ1) is 8.11. The Bertz CT molecular complexity index is 532. The van der Waals surface area contributed by atoms with Crippen molar-refractivity contribution < 1.29 is 0 Å². The molecule has 2 N–H and O–H groups in total. The van der Waals surface area contributed by atoms with Gasteiger partial charge in [0.1, 0.15) is 0 Å². The van der Waals surface area contributed by atoms with Crippen molar-refractivity contribution in [3.05, 3.63) is 35.5 Å². The normalized spacial score (nSPS) is 10.8. The Hall–Kier alpha value is -1.61. The van der Waals surface area contributed by atoms with Gasteiger partial charge in [0.25, 0.3) is 0 Å². The summed E-state index contributed by atoms with van der Waals surface area (Å²) in [4.78, 5) is 6.69. The fraction of sp³-hybridized carbons (Fsp3) is 0.357. The molecule has 0 aliphatic carbocycles. The minimum Gasteiger partial charge on any atom is -0.377 e. The van der Waals surface area contributed by atoms with Crippen LogP contribution in [0.25, 0.3) is 10.9 Å². The molecule has 17 heavy (non-hydrogen) atoms. The van der Waals surface area contributed by atoms with E-state index in [1.807, 2.05) is 6.92 Å². The lowest BCUT2D eigenvalue weighted by Gasteiger charge is -2.16. The number of hydrogen-bond acceptors (Lipinski definition) is 3. The van der Waals surface area contributed by atoms with Crippen LogP contribution < -0.4 is 10.6 Å². The van der Waals surface area contributed by atoms with E-state index in [9.17, 15) is 0 Å². The summed E-state index contributed by atoms with van der Waals surface area (Å²) in [6.07, 6.45) is 0.913. The van der Waals surface area contributed by atoms with Crippen molar-refractivity contribution in [2.75, 3.05) is 25.5 Å². The van der Waals surface area contributed by atoms with E-state index in [0.717, 1.165) is 17.6 Å². The fourth-order valence-corrected chi connectivity index (χ4v) is 2.08. The van der Waals surface area contributed by atoms with Gasteiger partial charge in [-0.1, -0.05) is 6.07 Å². The molecule has 0 fully saturated rings. The van der Waals surface area contributed by atoms with Crippen molar-refractivity contribution in [1.82, 2.24) is 4.98 Å². The first kappa shape index (κ1) is 11.9. The Kier molecular flexibility index (Phi) is 3.29. The van der Waals surface area contributed by atoms with E-state index in [1.165, 1.54) is 16.6 Å². The molecule has 0 radical (unpaired) electrons. The van der Waals surface area contributed by atoms with Crippen LogP contribution in [-0.2, 0) is 6.42 Å². The van der Waals surface area contributed by atoms with Crippen molar-refractivity contribution in [3.63, 3.8) is 0 Å². The fourth-order valence-electron chi connectivity index (χ4n) is 2.08. The zero-order chi connectivity index (χ0) is 12.4. The highest BCUT2D eigenvalue weighted by molar-refractivity contribution is 5.92. The van der Waals surface area contributed by atoms with Crippen LogP contribution in [0.4, 0.5) is 5.69 Å². The van der Waals surface area contributed by atoms with Crippen molar-refractivity contribution >= 4 is 16.6 Å². The van der Waals surface area contributed by atoms with Gasteiger partial charge in [0, 0.05) is 30.9 Å². The van der Waals surface area contributed by atoms with Gasteiger partial charge in [-0.2, -0.15) is 0 Å². The molecular weight excluding hydrogens is 210 g/mol. The number of rotatable bonds is 3. The number of fused-ring (bicyclic) bond motifs is 1. The van der Waals surface area contributed by atoms with E-state index in [2.05, 4.69) is 48.2 Å². The number of anilines is 1. The largest absolute Gasteiger partial charge is 0.377 e. The average molecular weight is 229 g/mol. The molecule has 0 atom stereocenters. The van der Waals surface area contributed by atoms with Gasteiger partial charge in [-0.25, -0.2) is 0 Å². The molecule has 1 aromatic heterocycles. The minimum absolute atomic E-state index is 0.683. The summed E-state index contributed by atoms with van der Waals surface area (Å²) in [5.41, 5.74) is 10.2. The van der Waals surface area contributed by atoms with Crippen LogP contribution >= 0.6 is 0 Å². The molecule has 0 aliphatic rings. The van der Waals surface area contributed by atoms with E-state index in [-0.39, 0.29) is 0 Å². The van der Waals surface area contributed by atoms with E-state index in [1.54, 1.807) is 0 Å². The second-order valence-electron chi connectivity index (χ2n) is 4.57. The first-order valence-electron chi connectivity index (χ1n) is 5.89. The molecule has 3 nitrogen and oxygen atoms in total. The molecule has 0 aliphatic heterocycles. The molecule has 2 rings (SSSR count). The van der Waals surface area contributed by atoms with Gasteiger partial charge < -0.3 is 10.6 Å². The van der Waals surface area contributed by atoms with Crippen LogP contribution in [0.2, 0.25) is 0 Å². The molecule has 0 spiro atoms. The highest BCUT2D eigenvalue weighted by Gasteiger charge is 2.06. The standard InChI is InChI=1S/C14H19N3/c1-10-8-14(17(2)3)12-9-11(6-7-15)4-5-13(12)16-10/h4-5,8-9H,6-7,15H2,1-3H3. The first-order valence-corrected chi connectivity index (χ1v) is 5.89. The number of pyridine rings is 1. The quantitative estimate of drug-likeness (QED) is 0.876. The predicted molar refractivity (Wildman–Crippen MR) is 73.6 cm³/mol. The van der Waals surface area contributed by atoms with Crippen molar-refractivity contribution in [1.29, 1.82) is 0 Å². The molecule has 2 aromatic rings. The number of aromatic nitrogens is 1. The molecule has 3 heteroatoms. The minimum atomic E-state index is 0.683. The summed E-state index contributed by atoms with van der Waals surface area (Å²) >= 11 is 0. The Morgan fingerprint density at radius 1 is 1.24 bits per heavy atom. The molecule has 0 saturated carbocycles. The van der Waals surface area contributed by atoms with Crippen molar-refractivity contribution in [3.8, 4) is 0 Å². The van der Waals surface area contributed by atoms with Crippen LogP contribution in [-0.4, -0.2) is 25.6 Å². The summed E-state index contributed by atoms with van der Waals surface area (Å²) in [5.74, 6) is 0. The molecule has 0 saturated heterocycles. The number of benzene rings is 1. The lowest BCUT2D eigenvalue weighted by molar-refractivity contribution is 0.970. The maximum Gasteiger partial charge on any atom is 0.0726 e. The van der Waals surface area contributed by atoms with Crippen LogP contribution in [0.15, 0.2) is 24.3 Å². The Morgan fingerprint density at radius 3 is 2.65 bits per heavy atom. The SMILES string of the molecule is Cc1cc(N(C)C)c2cc(CCN)ccc2n1. The molecule has 0 bridgehead atoms. The van der Waals surface area contributed by atoms with Crippen LogP contribution in [0.1, 0.15) is 11.3 Å². The number of nitrogens with zero attached hydrogens (tertiary/aromatic N) is 2. The van der Waals surface area contributed by atoms with Gasteiger partial charge >= 0.3 is 0 Å². The third kappa shape index (κ3) is 2.39. The third-order valence-corrected chi connectivity index (χ3v) is 2.89. The molecular formula is C14H19N3. The van der Waals surface area contributed by atoms with E-state index in [0.29, 0.717) is 6.54 Å². The molecule has 1 heterocycles. The molecule has 0 amide bonds. The molecule has 90 valence electrons. The summed E-state index contributed by atoms with van der Waals surface area (Å²) in [6, 6.07) is 8.51. The van der Waals surface area contributed by atoms with Crippen LogP contribution in [0, 0.1) is 6.92 Å². The molecule has 1 aromatic carbocycles. The van der Waals surface area contributed by atoms with E-state index in [4.69, 9.17) is 5.73 Å². The monoisotopic (exact) mass is 229 g/mol. The predicted octanol–water partition coefficient (Wildman–Crippen LogP) is 2.11. The van der Waals surface area contributed by atoms with Gasteiger partial charge in [-0.15, -0.1) is 0 Å². The lowest BCUT2D eigenvalue weighted by atomic mass is 10.1. The average Bonchev–Trinajstić information content (AvgIpc) is 2.28. The van der Waals surface area contributed by atoms with E-state index < -0.39 is 0 Å². The summed E-state index contributed by atoms with van der Waals surface area (Å²) in [6.45, 7) is 2.71. The summed E-state index contributed by atoms with van der Waals surface area (Å²) in [7, 11) is 4.12.